The molecule has 0 aliphatic carbocycles. The second-order valence-electron chi connectivity index (χ2n) is 4.07. The van der Waals surface area contributed by atoms with Crippen molar-refractivity contribution >= 4 is 11.8 Å². The Hall–Kier alpha value is -1.95. The van der Waals surface area contributed by atoms with Gasteiger partial charge in [-0.3, -0.25) is 0 Å². The fourth-order valence-electron chi connectivity index (χ4n) is 1.94. The van der Waals surface area contributed by atoms with Gasteiger partial charge in [-0.25, -0.2) is 0 Å². The Morgan fingerprint density at radius 3 is 2.68 bits per heavy atom. The molecule has 5 nitrogen and oxygen atoms in total. The van der Waals surface area contributed by atoms with Crippen LogP contribution >= 0.6 is 11.8 Å². The number of benzene rings is 1. The fourth-order valence-corrected chi connectivity index (χ4v) is 2.65. The van der Waals surface area contributed by atoms with E-state index >= 15 is 0 Å². The topological polar surface area (TPSA) is 54.0 Å². The molecule has 0 saturated heterocycles. The van der Waals surface area contributed by atoms with Crippen LogP contribution in [0.15, 0.2) is 35.9 Å². The van der Waals surface area contributed by atoms with Crippen LogP contribution in [0.4, 0.5) is 0 Å². The number of hydrogen-bond donors (Lipinski definition) is 0. The van der Waals surface area contributed by atoms with Gasteiger partial charge in [0.1, 0.15) is 11.4 Å². The Morgan fingerprint density at radius 2 is 2.05 bits per heavy atom. The van der Waals surface area contributed by atoms with Gasteiger partial charge in [0.25, 0.3) is 0 Å². The molecule has 3 rings (SSSR count). The van der Waals surface area contributed by atoms with Gasteiger partial charge in [-0.2, -0.15) is 21.2 Å². The SMILES string of the molecule is COc1ccc(-c2nn(C)nc2C2[N-]C=CS2)cc1. The van der Waals surface area contributed by atoms with Gasteiger partial charge >= 0.3 is 0 Å². The van der Waals surface area contributed by atoms with E-state index in [0.717, 1.165) is 22.7 Å². The quantitative estimate of drug-likeness (QED) is 0.862. The maximum absolute atomic E-state index is 5.17. The van der Waals surface area contributed by atoms with Crippen LogP contribution in [0.5, 0.6) is 5.75 Å². The molecule has 19 heavy (non-hydrogen) atoms. The predicted molar refractivity (Wildman–Crippen MR) is 75.8 cm³/mol. The molecule has 0 spiro atoms. The molecule has 0 fully saturated rings. The maximum Gasteiger partial charge on any atom is 0.118 e. The Bertz CT molecular complexity index is 598. The van der Waals surface area contributed by atoms with Crippen LogP contribution in [0.25, 0.3) is 16.6 Å². The largest absolute Gasteiger partial charge is 0.674 e. The Kier molecular flexibility index (Phi) is 3.16. The zero-order valence-electron chi connectivity index (χ0n) is 10.6. The average molecular weight is 273 g/mol. The first-order valence-corrected chi connectivity index (χ1v) is 6.78. The monoisotopic (exact) mass is 273 g/mol. The van der Waals surface area contributed by atoms with Gasteiger partial charge in [0.15, 0.2) is 0 Å². The lowest BCUT2D eigenvalue weighted by molar-refractivity contribution is 0.415. The molecule has 0 saturated carbocycles. The standard InChI is InChI=1S/C13H13N4OS/c1-17-15-11(9-3-5-10(18-2)6-4-9)12(16-17)13-14-7-8-19-13/h3-8,13H,1-2H3/q-1. The molecule has 0 bridgehead atoms. The molecule has 1 atom stereocenters. The second-order valence-corrected chi connectivity index (χ2v) is 5.07. The van der Waals surface area contributed by atoms with Gasteiger partial charge in [0.05, 0.1) is 12.8 Å². The van der Waals surface area contributed by atoms with E-state index in [1.165, 1.54) is 0 Å². The van der Waals surface area contributed by atoms with Crippen LogP contribution in [-0.2, 0) is 7.05 Å². The van der Waals surface area contributed by atoms with Crippen molar-refractivity contribution in [3.63, 3.8) is 0 Å². The first kappa shape index (κ1) is 12.1. The molecular formula is C13H13N4OS-. The van der Waals surface area contributed by atoms with E-state index in [0.29, 0.717) is 0 Å². The van der Waals surface area contributed by atoms with E-state index in [9.17, 15) is 0 Å². The lowest BCUT2D eigenvalue weighted by atomic mass is 10.1. The summed E-state index contributed by atoms with van der Waals surface area (Å²) in [6.45, 7) is 0. The highest BCUT2D eigenvalue weighted by molar-refractivity contribution is 8.02. The van der Waals surface area contributed by atoms with Gasteiger partial charge in [-0.15, -0.1) is 11.8 Å². The van der Waals surface area contributed by atoms with Crippen LogP contribution in [0.2, 0.25) is 0 Å². The molecule has 0 amide bonds. The number of thioether (sulfide) groups is 1. The number of aromatic nitrogens is 3. The van der Waals surface area contributed by atoms with E-state index in [2.05, 4.69) is 15.5 Å². The lowest BCUT2D eigenvalue weighted by Gasteiger charge is -2.20. The summed E-state index contributed by atoms with van der Waals surface area (Å²) < 4.78 is 5.17. The number of ether oxygens (including phenoxy) is 1. The molecule has 1 aromatic heterocycles. The van der Waals surface area contributed by atoms with Crippen LogP contribution < -0.4 is 4.74 Å². The predicted octanol–water partition coefficient (Wildman–Crippen LogP) is 3.08. The number of rotatable bonds is 3. The van der Waals surface area contributed by atoms with Gasteiger partial charge in [-0.1, -0.05) is 5.41 Å². The minimum absolute atomic E-state index is 0.00537. The van der Waals surface area contributed by atoms with Crippen molar-refractivity contribution in [3.8, 4) is 17.0 Å². The molecule has 0 radical (unpaired) electrons. The minimum Gasteiger partial charge on any atom is -0.674 e. The van der Waals surface area contributed by atoms with E-state index < -0.39 is 0 Å². The maximum atomic E-state index is 5.17. The molecule has 2 heterocycles. The van der Waals surface area contributed by atoms with Crippen molar-refractivity contribution in [1.29, 1.82) is 0 Å². The summed E-state index contributed by atoms with van der Waals surface area (Å²) in [5, 5.41) is 15.2. The Labute approximate surface area is 115 Å². The zero-order chi connectivity index (χ0) is 13.2. The van der Waals surface area contributed by atoms with Crippen LogP contribution in [0.3, 0.4) is 0 Å². The van der Waals surface area contributed by atoms with Crippen LogP contribution in [0, 0.1) is 0 Å². The van der Waals surface area contributed by atoms with Crippen molar-refractivity contribution in [2.24, 2.45) is 7.05 Å². The zero-order valence-corrected chi connectivity index (χ0v) is 11.5. The van der Waals surface area contributed by atoms with E-state index in [1.54, 1.807) is 23.7 Å². The summed E-state index contributed by atoms with van der Waals surface area (Å²) in [6, 6.07) is 7.81. The number of nitrogens with zero attached hydrogens (tertiary/aromatic N) is 4. The van der Waals surface area contributed by atoms with E-state index in [-0.39, 0.29) is 5.37 Å². The molecule has 1 unspecified atom stereocenters. The summed E-state index contributed by atoms with van der Waals surface area (Å²) in [7, 11) is 3.48. The van der Waals surface area contributed by atoms with Crippen molar-refractivity contribution in [2.45, 2.75) is 5.37 Å². The van der Waals surface area contributed by atoms with Crippen molar-refractivity contribution in [3.05, 3.63) is 46.9 Å². The Balaban J connectivity index is 1.98. The highest BCUT2D eigenvalue weighted by Gasteiger charge is 2.16. The molecule has 0 N–H and O–H groups in total. The van der Waals surface area contributed by atoms with Gasteiger partial charge in [-0.05, 0) is 29.6 Å². The van der Waals surface area contributed by atoms with Crippen LogP contribution in [0.1, 0.15) is 11.1 Å². The number of hydrogen-bond acceptors (Lipinski definition) is 4. The second kappa shape index (κ2) is 4.97. The molecular weight excluding hydrogens is 260 g/mol. The van der Waals surface area contributed by atoms with Gasteiger partial charge in [0, 0.05) is 12.6 Å². The summed E-state index contributed by atoms with van der Waals surface area (Å²) in [6.07, 6.45) is 1.81. The van der Waals surface area contributed by atoms with Crippen LogP contribution in [-0.4, -0.2) is 22.1 Å². The highest BCUT2D eigenvalue weighted by Crippen LogP contribution is 2.42. The van der Waals surface area contributed by atoms with Gasteiger partial charge in [0.2, 0.25) is 0 Å². The van der Waals surface area contributed by atoms with Crippen molar-refractivity contribution in [2.75, 3.05) is 7.11 Å². The first-order valence-electron chi connectivity index (χ1n) is 5.84. The van der Waals surface area contributed by atoms with E-state index in [4.69, 9.17) is 4.74 Å². The normalized spacial score (nSPS) is 17.5. The third-order valence-electron chi connectivity index (χ3n) is 2.83. The number of methoxy groups -OCH3 is 1. The summed E-state index contributed by atoms with van der Waals surface area (Å²) in [5.74, 6) is 0.829. The summed E-state index contributed by atoms with van der Waals surface area (Å²) >= 11 is 1.64. The van der Waals surface area contributed by atoms with Crippen molar-refractivity contribution < 1.29 is 4.74 Å². The smallest absolute Gasteiger partial charge is 0.118 e. The third-order valence-corrected chi connectivity index (χ3v) is 3.71. The highest BCUT2D eigenvalue weighted by atomic mass is 32.2. The molecule has 6 heteroatoms. The molecule has 1 aliphatic rings. The van der Waals surface area contributed by atoms with Gasteiger partial charge < -0.3 is 10.1 Å². The summed E-state index contributed by atoms with van der Waals surface area (Å²) in [5.41, 5.74) is 2.78. The first-order chi connectivity index (χ1) is 9.28. The average Bonchev–Trinajstić information content (AvgIpc) is 3.07. The molecule has 1 aromatic carbocycles. The molecule has 1 aliphatic heterocycles. The molecule has 98 valence electrons. The third kappa shape index (κ3) is 2.31. The molecule has 2 aromatic rings. The van der Waals surface area contributed by atoms with Crippen molar-refractivity contribution in [1.82, 2.24) is 15.0 Å². The Morgan fingerprint density at radius 1 is 1.26 bits per heavy atom. The number of aryl methyl sites for hydroxylation is 1. The fraction of sp³-hybridized carbons (Fsp3) is 0.231. The lowest BCUT2D eigenvalue weighted by Crippen LogP contribution is -1.94. The summed E-state index contributed by atoms with van der Waals surface area (Å²) in [4.78, 5) is 1.59. The van der Waals surface area contributed by atoms with E-state index in [1.807, 2.05) is 42.9 Å². The minimum atomic E-state index is 0.00537.